The van der Waals surface area contributed by atoms with Crippen LogP contribution in [0, 0.1) is 0 Å². The van der Waals surface area contributed by atoms with Crippen LogP contribution in [-0.2, 0) is 27.9 Å². The van der Waals surface area contributed by atoms with Crippen LogP contribution in [0.3, 0.4) is 0 Å². The third kappa shape index (κ3) is 62.2. The van der Waals surface area contributed by atoms with Crippen molar-refractivity contribution in [1.82, 2.24) is 5.32 Å². The lowest BCUT2D eigenvalue weighted by Gasteiger charge is -2.27. The third-order valence-corrected chi connectivity index (χ3v) is 14.8. The Morgan fingerprint density at radius 2 is 0.771 bits per heavy atom. The van der Waals surface area contributed by atoms with E-state index in [0.29, 0.717) is 23.9 Å². The Morgan fingerprint density at radius 1 is 0.434 bits per heavy atom. The van der Waals surface area contributed by atoms with Crippen molar-refractivity contribution < 1.29 is 37.3 Å². The van der Waals surface area contributed by atoms with Gasteiger partial charge in [0.1, 0.15) is 19.3 Å². The summed E-state index contributed by atoms with van der Waals surface area (Å²) in [6, 6.07) is -0.884. The zero-order valence-electron chi connectivity index (χ0n) is 53.9. The fourth-order valence-electron chi connectivity index (χ4n) is 8.73. The summed E-state index contributed by atoms with van der Waals surface area (Å²) in [5.41, 5.74) is 0. The molecule has 0 radical (unpaired) electrons. The second kappa shape index (κ2) is 61.0. The topological polar surface area (TPSA) is 111 Å². The van der Waals surface area contributed by atoms with E-state index in [4.69, 9.17) is 13.8 Å². The molecule has 9 nitrogen and oxygen atoms in total. The Labute approximate surface area is 510 Å². The average Bonchev–Trinajstić information content (AvgIpc) is 3.46. The van der Waals surface area contributed by atoms with Crippen molar-refractivity contribution in [3.63, 3.8) is 0 Å². The number of nitrogens with one attached hydrogen (secondary N) is 1. The van der Waals surface area contributed by atoms with Gasteiger partial charge in [0.15, 0.2) is 0 Å². The lowest BCUT2D eigenvalue weighted by atomic mass is 10.0. The molecule has 472 valence electrons. The zero-order valence-corrected chi connectivity index (χ0v) is 54.8. The van der Waals surface area contributed by atoms with Crippen molar-refractivity contribution in [2.75, 3.05) is 40.9 Å². The molecule has 0 aromatic heterocycles. The van der Waals surface area contributed by atoms with E-state index in [-0.39, 0.29) is 37.9 Å². The molecule has 0 bridgehead atoms. The Morgan fingerprint density at radius 3 is 1.17 bits per heavy atom. The van der Waals surface area contributed by atoms with Gasteiger partial charge in [0, 0.05) is 12.8 Å². The van der Waals surface area contributed by atoms with Crippen LogP contribution in [0.15, 0.2) is 146 Å². The van der Waals surface area contributed by atoms with Crippen molar-refractivity contribution in [2.45, 2.75) is 264 Å². The molecule has 10 heteroatoms. The van der Waals surface area contributed by atoms with Gasteiger partial charge in [0.05, 0.1) is 33.8 Å². The van der Waals surface area contributed by atoms with Crippen molar-refractivity contribution in [1.29, 1.82) is 0 Å². The van der Waals surface area contributed by atoms with Crippen molar-refractivity contribution in [3.05, 3.63) is 146 Å². The molecule has 83 heavy (non-hydrogen) atoms. The number of esters is 1. The fourth-order valence-corrected chi connectivity index (χ4v) is 9.47. The highest BCUT2D eigenvalue weighted by Crippen LogP contribution is 2.43. The largest absolute Gasteiger partial charge is 0.472 e. The van der Waals surface area contributed by atoms with E-state index < -0.39 is 20.0 Å². The number of allylic oxidation sites excluding steroid dienone is 23. The molecule has 0 aliphatic heterocycles. The Kier molecular flexibility index (Phi) is 58.0. The SMILES string of the molecule is CC/C=C\C/C=C\C/C=C\C/C=C\C/C=C\C/C=C\CCCCCCCCC(=O)OC(/C=C\CCCCCCCCCCCCC)C(COP(=O)(O)OCC[N+](C)(C)C)NC(=O)CCCCC/C=C\C/C=C\C/C=C\C/C=C\C/C=C\CC. The van der Waals surface area contributed by atoms with Gasteiger partial charge in [-0.15, -0.1) is 0 Å². The molecule has 3 unspecified atom stereocenters. The Hall–Kier alpha value is -4.11. The number of ether oxygens (including phenoxy) is 1. The molecule has 3 atom stereocenters. The molecule has 2 N–H and O–H groups in total. The summed E-state index contributed by atoms with van der Waals surface area (Å²) in [7, 11) is 1.44. The van der Waals surface area contributed by atoms with E-state index in [9.17, 15) is 19.0 Å². The number of rotatable bonds is 58. The molecule has 0 saturated heterocycles. The minimum absolute atomic E-state index is 0.0225. The van der Waals surface area contributed by atoms with Crippen LogP contribution in [0.1, 0.15) is 252 Å². The highest BCUT2D eigenvalue weighted by Gasteiger charge is 2.30. The summed E-state index contributed by atoms with van der Waals surface area (Å²) in [5.74, 6) is -0.569. The standard InChI is InChI=1S/C73H123N2O7P/c1-7-10-13-16-19-22-25-28-30-32-34-35-36-37-38-39-41-43-45-48-51-54-57-60-63-66-73(77)82-71(64-61-58-55-52-49-46-27-24-21-18-15-12-9-3)70(69-81-83(78,79)80-68-67-75(4,5)6)74-72(76)65-62-59-56-53-50-47-44-42-40-33-31-29-26-23-20-17-14-11-8-2/h10-11,13-14,19-20,22-23,28-31,34-35,37-38,40-43,47,50,61,64,70-71H,7-9,12,15-18,21,24-27,32-33,36,39,44-46,48-49,51-60,62-63,65-69H2,1-6H3,(H-,74,76,78,79)/p+1/b13-10-,14-11-,22-19-,23-20-,30-28-,31-29-,35-34-,38-37-,42-40-,43-41-,50-47-,64-61-. The minimum Gasteiger partial charge on any atom is -0.456 e. The van der Waals surface area contributed by atoms with Gasteiger partial charge in [0.25, 0.3) is 0 Å². The van der Waals surface area contributed by atoms with Crippen molar-refractivity contribution >= 4 is 19.7 Å². The number of hydrogen-bond acceptors (Lipinski definition) is 6. The highest BCUT2D eigenvalue weighted by atomic mass is 31.2. The Balaban J connectivity index is 5.30. The van der Waals surface area contributed by atoms with Crippen LogP contribution in [0.2, 0.25) is 0 Å². The number of amides is 1. The second-order valence-corrected chi connectivity index (χ2v) is 24.3. The maximum atomic E-state index is 13.6. The monoisotopic (exact) mass is 1170 g/mol. The smallest absolute Gasteiger partial charge is 0.456 e. The van der Waals surface area contributed by atoms with E-state index in [1.165, 1.54) is 57.8 Å². The highest BCUT2D eigenvalue weighted by molar-refractivity contribution is 7.47. The minimum atomic E-state index is -4.48. The van der Waals surface area contributed by atoms with Crippen LogP contribution in [-0.4, -0.2) is 74.3 Å². The maximum absolute atomic E-state index is 13.6. The lowest BCUT2D eigenvalue weighted by molar-refractivity contribution is -0.870. The molecule has 1 amide bonds. The van der Waals surface area contributed by atoms with E-state index in [1.807, 2.05) is 33.3 Å². The van der Waals surface area contributed by atoms with Gasteiger partial charge in [-0.1, -0.05) is 257 Å². The lowest BCUT2D eigenvalue weighted by Crippen LogP contribution is -2.47. The summed E-state index contributed by atoms with van der Waals surface area (Å²) in [6.07, 6.45) is 88.5. The molecule has 0 heterocycles. The first-order valence-electron chi connectivity index (χ1n) is 33.2. The first-order valence-corrected chi connectivity index (χ1v) is 34.7. The third-order valence-electron chi connectivity index (χ3n) is 13.8. The molecule has 0 aliphatic carbocycles. The van der Waals surface area contributed by atoms with E-state index in [1.54, 1.807) is 0 Å². The molecule has 0 saturated carbocycles. The van der Waals surface area contributed by atoms with Gasteiger partial charge in [-0.3, -0.25) is 18.6 Å². The molecule has 0 rings (SSSR count). The zero-order chi connectivity index (χ0) is 60.7. The molecule has 0 aromatic rings. The number of nitrogens with zero attached hydrogens (tertiary/aromatic N) is 1. The predicted octanol–water partition coefficient (Wildman–Crippen LogP) is 21.0. The van der Waals surface area contributed by atoms with Gasteiger partial charge in [-0.2, -0.15) is 0 Å². The summed E-state index contributed by atoms with van der Waals surface area (Å²) in [4.78, 5) is 37.8. The molecular formula is C73H124N2O7P+. The molecule has 0 fully saturated rings. The second-order valence-electron chi connectivity index (χ2n) is 22.9. The molecule has 0 aromatic carbocycles. The molecular weight excluding hydrogens is 1050 g/mol. The van der Waals surface area contributed by atoms with Crippen LogP contribution in [0.5, 0.6) is 0 Å². The summed E-state index contributed by atoms with van der Waals surface area (Å²) < 4.78 is 30.7. The van der Waals surface area contributed by atoms with Gasteiger partial charge in [-0.25, -0.2) is 4.57 Å². The number of likely N-dealkylation sites (N-methyl/N-ethyl adjacent to an activating group) is 1. The number of carbonyl (C=O) groups excluding carboxylic acids is 2. The fraction of sp³-hybridized carbons (Fsp3) is 0.644. The number of phosphoric acid groups is 1. The van der Waals surface area contributed by atoms with Crippen LogP contribution < -0.4 is 5.32 Å². The van der Waals surface area contributed by atoms with Gasteiger partial charge >= 0.3 is 13.8 Å². The first-order chi connectivity index (χ1) is 40.4. The first kappa shape index (κ1) is 78.9. The van der Waals surface area contributed by atoms with Crippen LogP contribution in [0.4, 0.5) is 0 Å². The summed E-state index contributed by atoms with van der Waals surface area (Å²) >= 11 is 0. The number of hydrogen-bond donors (Lipinski definition) is 2. The van der Waals surface area contributed by atoms with Crippen molar-refractivity contribution in [2.24, 2.45) is 0 Å². The summed E-state index contributed by atoms with van der Waals surface area (Å²) in [6.45, 7) is 6.74. The number of unbranched alkanes of at least 4 members (excludes halogenated alkanes) is 20. The average molecular weight is 1170 g/mol. The summed E-state index contributed by atoms with van der Waals surface area (Å²) in [5, 5.41) is 3.04. The van der Waals surface area contributed by atoms with Crippen LogP contribution in [0.25, 0.3) is 0 Å². The maximum Gasteiger partial charge on any atom is 0.472 e. The normalized spacial score (nSPS) is 14.5. The van der Waals surface area contributed by atoms with E-state index in [2.05, 4.69) is 160 Å². The predicted molar refractivity (Wildman–Crippen MR) is 359 cm³/mol. The van der Waals surface area contributed by atoms with E-state index in [0.717, 1.165) is 148 Å². The van der Waals surface area contributed by atoms with Gasteiger partial charge < -0.3 is 19.4 Å². The van der Waals surface area contributed by atoms with E-state index >= 15 is 0 Å². The molecule has 0 spiro atoms. The molecule has 0 aliphatic rings. The Bertz CT molecular complexity index is 1930. The van der Waals surface area contributed by atoms with Gasteiger partial charge in [0.2, 0.25) is 5.91 Å². The van der Waals surface area contributed by atoms with Gasteiger partial charge in [-0.05, 0) is 128 Å². The number of carbonyl (C=O) groups is 2. The van der Waals surface area contributed by atoms with Crippen molar-refractivity contribution in [3.8, 4) is 0 Å². The number of quaternary nitrogens is 1. The quantitative estimate of drug-likeness (QED) is 0.0205. The van der Waals surface area contributed by atoms with Crippen LogP contribution >= 0.6 is 7.82 Å². The number of phosphoric ester groups is 1.